The predicted molar refractivity (Wildman–Crippen MR) is 187 cm³/mol. The maximum atomic E-state index is 12.5. The van der Waals surface area contributed by atoms with E-state index in [-0.39, 0.29) is 72.5 Å². The Kier molecular flexibility index (Phi) is 14.2. The van der Waals surface area contributed by atoms with Crippen LogP contribution in [0.2, 0.25) is 18.1 Å². The maximum Gasteiger partial charge on any atom is 0.303 e. The van der Waals surface area contributed by atoms with E-state index in [1.165, 1.54) is 13.0 Å². The van der Waals surface area contributed by atoms with Crippen molar-refractivity contribution in [2.45, 2.75) is 147 Å². The lowest BCUT2D eigenvalue weighted by molar-refractivity contribution is -0.144. The number of carbonyl (C=O) groups excluding carboxylic acids is 3. The summed E-state index contributed by atoms with van der Waals surface area (Å²) in [7, 11) is -0.622. The van der Waals surface area contributed by atoms with Crippen LogP contribution in [0.3, 0.4) is 0 Å². The van der Waals surface area contributed by atoms with Crippen molar-refractivity contribution in [3.63, 3.8) is 0 Å². The predicted octanol–water partition coefficient (Wildman–Crippen LogP) is 5.11. The number of rotatable bonds is 14. The summed E-state index contributed by atoms with van der Waals surface area (Å²) in [6, 6.07) is -0.120. The summed E-state index contributed by atoms with van der Waals surface area (Å²) < 4.78 is 36.1. The molecule has 11 nitrogen and oxygen atoms in total. The van der Waals surface area contributed by atoms with Gasteiger partial charge in [0.05, 0.1) is 37.4 Å². The molecule has 12 heteroatoms. The van der Waals surface area contributed by atoms with Crippen LogP contribution in [0.15, 0.2) is 36.0 Å². The Bertz CT molecular complexity index is 1210. The zero-order valence-electron chi connectivity index (χ0n) is 30.9. The minimum atomic E-state index is -2.16. The molecule has 0 aromatic carbocycles. The molecule has 0 aromatic rings. The summed E-state index contributed by atoms with van der Waals surface area (Å²) in [5.41, 5.74) is 0.609. The molecular weight excluding hydrogens is 632 g/mol. The minimum absolute atomic E-state index is 0.00903. The molecule has 48 heavy (non-hydrogen) atoms. The van der Waals surface area contributed by atoms with Crippen LogP contribution < -0.4 is 10.6 Å². The van der Waals surface area contributed by atoms with Crippen molar-refractivity contribution in [3.05, 3.63) is 36.0 Å². The van der Waals surface area contributed by atoms with Crippen molar-refractivity contribution in [2.75, 3.05) is 20.4 Å². The first-order chi connectivity index (χ1) is 22.4. The highest BCUT2D eigenvalue weighted by atomic mass is 28.4. The van der Waals surface area contributed by atoms with Crippen molar-refractivity contribution in [1.82, 2.24) is 10.6 Å². The molecule has 0 saturated carbocycles. The third-order valence-electron chi connectivity index (χ3n) is 9.94. The molecule has 0 aromatic heterocycles. The fourth-order valence-corrected chi connectivity index (χ4v) is 7.31. The largest absolute Gasteiger partial charge is 0.459 e. The molecule has 3 fully saturated rings. The normalized spacial score (nSPS) is 32.0. The number of amides is 2. The molecule has 0 bridgehead atoms. The van der Waals surface area contributed by atoms with Crippen LogP contribution in [0, 0.1) is 5.92 Å². The number of hydrogen-bond donors (Lipinski definition) is 2. The molecule has 2 N–H and O–H groups in total. The number of allylic oxidation sites excluding steroid dienone is 2. The highest BCUT2D eigenvalue weighted by Crippen LogP contribution is 2.48. The average molecular weight is 693 g/mol. The Labute approximate surface area is 288 Å². The fraction of sp³-hybridized carbons (Fsp3) is 0.750. The maximum absolute atomic E-state index is 12.5. The zero-order chi connectivity index (χ0) is 35.9. The zero-order valence-corrected chi connectivity index (χ0v) is 31.9. The van der Waals surface area contributed by atoms with Gasteiger partial charge in [-0.3, -0.25) is 14.4 Å². The first-order valence-electron chi connectivity index (χ1n) is 17.2. The lowest BCUT2D eigenvalue weighted by Crippen LogP contribution is -2.57. The molecular formula is C36H60N2O9Si. The van der Waals surface area contributed by atoms with Gasteiger partial charge in [0.2, 0.25) is 11.8 Å². The average Bonchev–Trinajstić information content (AvgIpc) is 3.75. The van der Waals surface area contributed by atoms with E-state index in [1.807, 2.05) is 6.92 Å². The summed E-state index contributed by atoms with van der Waals surface area (Å²) in [5, 5.41) is 5.81. The molecule has 1 spiro atoms. The van der Waals surface area contributed by atoms with E-state index >= 15 is 0 Å². The number of ether oxygens (including phenoxy) is 5. The third-order valence-corrected chi connectivity index (χ3v) is 14.4. The third kappa shape index (κ3) is 11.6. The van der Waals surface area contributed by atoms with Crippen molar-refractivity contribution in [1.29, 1.82) is 0 Å². The number of nitrogens with one attached hydrogen (secondary N) is 2. The SMILES string of the molecule is COCNC(=O)C[C@@H]1C[C@@]2(CO2)C(O[Si](C)(C)C(C)(C)C)[C@@H](/C=C/C(C)=C/C[C@@H]2O[C@H](C)[C@H](NC(=O)/C=C\[C@H](C)OC(C)=O)C[C@@H]2C)O1. The van der Waals surface area contributed by atoms with Gasteiger partial charge < -0.3 is 38.7 Å². The molecule has 272 valence electrons. The van der Waals surface area contributed by atoms with Crippen molar-refractivity contribution in [2.24, 2.45) is 5.92 Å². The number of hydrogen-bond acceptors (Lipinski definition) is 9. The molecule has 1 unspecified atom stereocenters. The van der Waals surface area contributed by atoms with Crippen molar-refractivity contribution >= 4 is 26.1 Å². The van der Waals surface area contributed by atoms with E-state index in [1.54, 1.807) is 20.1 Å². The van der Waals surface area contributed by atoms with Gasteiger partial charge in [0, 0.05) is 26.5 Å². The number of esters is 1. The lowest BCUT2D eigenvalue weighted by Gasteiger charge is -2.46. The van der Waals surface area contributed by atoms with E-state index in [9.17, 15) is 14.4 Å². The van der Waals surface area contributed by atoms with E-state index < -0.39 is 26.0 Å². The van der Waals surface area contributed by atoms with Crippen LogP contribution in [0.5, 0.6) is 0 Å². The molecule has 2 amide bonds. The summed E-state index contributed by atoms with van der Waals surface area (Å²) in [6.07, 6.45) is 10.0. The van der Waals surface area contributed by atoms with E-state index in [4.69, 9.17) is 28.1 Å². The van der Waals surface area contributed by atoms with Gasteiger partial charge in [0.25, 0.3) is 0 Å². The summed E-state index contributed by atoms with van der Waals surface area (Å²) in [5.74, 6) is -0.524. The molecule has 3 saturated heterocycles. The van der Waals surface area contributed by atoms with Crippen LogP contribution in [0.25, 0.3) is 0 Å². The molecule has 9 atom stereocenters. The molecule has 3 aliphatic heterocycles. The van der Waals surface area contributed by atoms with Crippen LogP contribution >= 0.6 is 0 Å². The Morgan fingerprint density at radius 1 is 1.10 bits per heavy atom. The van der Waals surface area contributed by atoms with E-state index in [0.717, 1.165) is 18.4 Å². The quantitative estimate of drug-likeness (QED) is 0.0636. The second kappa shape index (κ2) is 17.0. The first-order valence-corrected chi connectivity index (χ1v) is 20.2. The minimum Gasteiger partial charge on any atom is -0.459 e. The van der Waals surface area contributed by atoms with Gasteiger partial charge in [0.1, 0.15) is 30.6 Å². The van der Waals surface area contributed by atoms with Crippen molar-refractivity contribution < 1.29 is 42.5 Å². The number of epoxide rings is 1. The number of methoxy groups -OCH3 is 1. The van der Waals surface area contributed by atoms with Gasteiger partial charge in [-0.25, -0.2) is 0 Å². The fourth-order valence-electron chi connectivity index (χ4n) is 5.97. The number of carbonyl (C=O) groups is 3. The van der Waals surface area contributed by atoms with Crippen LogP contribution in [-0.4, -0.2) is 94.8 Å². The highest BCUT2D eigenvalue weighted by Gasteiger charge is 2.61. The highest BCUT2D eigenvalue weighted by molar-refractivity contribution is 6.74. The standard InChI is InChI=1S/C36H60N2O9Si/c1-23(12-15-30-24(2)18-29(26(4)45-30)38-32(40)17-14-25(3)44-27(5)39)13-16-31-34(47-48(10,11)35(6,7)8)36(21-43-36)20-28(46-31)19-33(41)37-22-42-9/h12-14,16-17,24-26,28-31,34H,15,18-22H2,1-11H3,(H,37,41)(H,38,40)/b16-13+,17-14-,23-12+/t24-,25-,26+,28+,29+,30-,31+,34?,36+/m0/s1. The van der Waals surface area contributed by atoms with Crippen LogP contribution in [0.4, 0.5) is 0 Å². The smallest absolute Gasteiger partial charge is 0.303 e. The van der Waals surface area contributed by atoms with E-state index in [0.29, 0.717) is 13.0 Å². The van der Waals surface area contributed by atoms with Gasteiger partial charge in [-0.1, -0.05) is 51.5 Å². The Morgan fingerprint density at radius 2 is 1.79 bits per heavy atom. The molecule has 0 aliphatic carbocycles. The molecule has 3 rings (SSSR count). The molecule has 3 aliphatic rings. The second-order valence-corrected chi connectivity index (χ2v) is 20.0. The summed E-state index contributed by atoms with van der Waals surface area (Å²) in [6.45, 7) is 21.1. The Morgan fingerprint density at radius 3 is 2.40 bits per heavy atom. The van der Waals surface area contributed by atoms with Crippen LogP contribution in [-0.2, 0) is 42.5 Å². The van der Waals surface area contributed by atoms with Crippen LogP contribution in [0.1, 0.15) is 81.1 Å². The topological polar surface area (TPSA) is 134 Å². The summed E-state index contributed by atoms with van der Waals surface area (Å²) >= 11 is 0. The molecule has 3 heterocycles. The van der Waals surface area contributed by atoms with Gasteiger partial charge in [-0.2, -0.15) is 0 Å². The Balaban J connectivity index is 1.65. The first kappa shape index (κ1) is 40.1. The van der Waals surface area contributed by atoms with Crippen molar-refractivity contribution in [3.8, 4) is 0 Å². The van der Waals surface area contributed by atoms with Gasteiger partial charge in [-0.05, 0) is 63.7 Å². The van der Waals surface area contributed by atoms with Gasteiger partial charge in [-0.15, -0.1) is 0 Å². The lowest BCUT2D eigenvalue weighted by atomic mass is 9.87. The second-order valence-electron chi connectivity index (χ2n) is 15.2. The molecule has 0 radical (unpaired) electrons. The van der Waals surface area contributed by atoms with E-state index in [2.05, 4.69) is 76.6 Å². The monoisotopic (exact) mass is 692 g/mol. The van der Waals surface area contributed by atoms with Gasteiger partial charge >= 0.3 is 5.97 Å². The van der Waals surface area contributed by atoms with Gasteiger partial charge in [0.15, 0.2) is 8.32 Å². The summed E-state index contributed by atoms with van der Waals surface area (Å²) in [4.78, 5) is 36.1. The Hall–Kier alpha value is -2.35.